The number of fused-ring (bicyclic) bond motifs is 1. The number of nitrogens with zero attached hydrogens (tertiary/aromatic N) is 5. The van der Waals surface area contributed by atoms with Crippen LogP contribution in [-0.4, -0.2) is 50.9 Å². The molecule has 3 aromatic heterocycles. The molecular weight excluding hydrogens is 378 g/mol. The quantitative estimate of drug-likeness (QED) is 0.682. The molecule has 28 heavy (non-hydrogen) atoms. The molecule has 144 valence electrons. The van der Waals surface area contributed by atoms with Crippen LogP contribution in [0.5, 0.6) is 0 Å². The smallest absolute Gasteiger partial charge is 0.234 e. The lowest BCUT2D eigenvalue weighted by atomic mass is 9.95. The summed E-state index contributed by atoms with van der Waals surface area (Å²) in [6, 6.07) is 3.71. The summed E-state index contributed by atoms with van der Waals surface area (Å²) in [7, 11) is -3.10. The van der Waals surface area contributed by atoms with E-state index in [4.69, 9.17) is 0 Å². The topological polar surface area (TPSA) is 137 Å². The van der Waals surface area contributed by atoms with Gasteiger partial charge in [0, 0.05) is 24.7 Å². The Kier molecular flexibility index (Phi) is 4.68. The van der Waals surface area contributed by atoms with Crippen molar-refractivity contribution in [1.82, 2.24) is 24.9 Å². The minimum atomic E-state index is -3.10. The van der Waals surface area contributed by atoms with Crippen molar-refractivity contribution in [3.05, 3.63) is 30.5 Å². The third-order valence-electron chi connectivity index (χ3n) is 5.00. The summed E-state index contributed by atoms with van der Waals surface area (Å²) in [5, 5.41) is 12.1. The maximum atomic E-state index is 12.0. The molecule has 4 rings (SSSR count). The number of sulfone groups is 1. The molecule has 0 radical (unpaired) electrons. The first-order valence-corrected chi connectivity index (χ1v) is 10.9. The molecule has 1 fully saturated rings. The third kappa shape index (κ3) is 3.66. The zero-order valence-corrected chi connectivity index (χ0v) is 16.1. The second kappa shape index (κ2) is 7.16. The van der Waals surface area contributed by atoms with E-state index in [1.54, 1.807) is 18.6 Å². The Morgan fingerprint density at radius 2 is 2.11 bits per heavy atom. The van der Waals surface area contributed by atoms with Gasteiger partial charge in [-0.25, -0.2) is 28.4 Å². The second-order valence-corrected chi connectivity index (χ2v) is 9.32. The molecule has 1 saturated carbocycles. The van der Waals surface area contributed by atoms with Crippen molar-refractivity contribution >= 4 is 26.8 Å². The summed E-state index contributed by atoms with van der Waals surface area (Å²) in [5.74, 6) is 0.507. The average Bonchev–Trinajstić information content (AvgIpc) is 3.15. The Morgan fingerprint density at radius 3 is 2.89 bits per heavy atom. The maximum Gasteiger partial charge on any atom is 0.234 e. The summed E-state index contributed by atoms with van der Waals surface area (Å²) < 4.78 is 23.9. The minimum Gasteiger partial charge on any atom is -0.367 e. The van der Waals surface area contributed by atoms with Gasteiger partial charge in [0.1, 0.15) is 27.2 Å². The van der Waals surface area contributed by atoms with Gasteiger partial charge < -0.3 is 10.3 Å². The first-order valence-electron chi connectivity index (χ1n) is 8.97. The molecule has 0 amide bonds. The van der Waals surface area contributed by atoms with Crippen molar-refractivity contribution in [2.45, 2.75) is 37.0 Å². The molecule has 2 atom stereocenters. The van der Waals surface area contributed by atoms with Crippen LogP contribution >= 0.6 is 0 Å². The van der Waals surface area contributed by atoms with Crippen LogP contribution in [0.25, 0.3) is 22.4 Å². The highest BCUT2D eigenvalue weighted by atomic mass is 32.2. The fourth-order valence-corrected chi connectivity index (χ4v) is 4.73. The number of nitrogens with one attached hydrogen (secondary N) is 2. The Hall–Kier alpha value is -3.06. The van der Waals surface area contributed by atoms with Gasteiger partial charge in [-0.1, -0.05) is 6.42 Å². The van der Waals surface area contributed by atoms with Gasteiger partial charge in [0.2, 0.25) is 5.82 Å². The van der Waals surface area contributed by atoms with Crippen LogP contribution in [0.2, 0.25) is 0 Å². The molecule has 9 nitrogen and oxygen atoms in total. The Morgan fingerprint density at radius 1 is 1.25 bits per heavy atom. The lowest BCUT2D eigenvalue weighted by Gasteiger charge is -2.29. The standard InChI is InChI=1S/C18H19N7O2S/c1-28(26,27)12-4-2-3-11(7-12)23-17-13(9-21-16(8-19)25-17)15-10-22-18-14(24-15)5-6-20-18/h5-6,9-12H,2-4,7H2,1H3,(H,20,22)(H,21,23,25). The Labute approximate surface area is 162 Å². The van der Waals surface area contributed by atoms with Gasteiger partial charge >= 0.3 is 0 Å². The molecule has 0 spiro atoms. The summed E-state index contributed by atoms with van der Waals surface area (Å²) in [5.41, 5.74) is 2.59. The van der Waals surface area contributed by atoms with E-state index in [0.717, 1.165) is 12.8 Å². The van der Waals surface area contributed by atoms with Crippen LogP contribution in [0.4, 0.5) is 5.82 Å². The van der Waals surface area contributed by atoms with Gasteiger partial charge in [-0.3, -0.25) is 0 Å². The highest BCUT2D eigenvalue weighted by Gasteiger charge is 2.29. The normalized spacial score (nSPS) is 20.0. The van der Waals surface area contributed by atoms with Gasteiger partial charge in [0.15, 0.2) is 5.65 Å². The number of rotatable bonds is 4. The molecular formula is C18H19N7O2S. The number of nitriles is 1. The molecule has 0 aliphatic heterocycles. The average molecular weight is 397 g/mol. The molecule has 2 unspecified atom stereocenters. The number of aromatic nitrogens is 5. The van der Waals surface area contributed by atoms with Crippen LogP contribution in [0.15, 0.2) is 24.7 Å². The Balaban J connectivity index is 1.68. The monoisotopic (exact) mass is 397 g/mol. The molecule has 10 heteroatoms. The SMILES string of the molecule is CS(=O)(=O)C1CCCC(Nc2nc(C#N)ncc2-c2cnc3[nH]ccc3n2)C1. The Bertz CT molecular complexity index is 1170. The number of anilines is 1. The van der Waals surface area contributed by atoms with Crippen LogP contribution < -0.4 is 5.32 Å². The van der Waals surface area contributed by atoms with Crippen LogP contribution in [0, 0.1) is 11.3 Å². The molecule has 2 N–H and O–H groups in total. The zero-order chi connectivity index (χ0) is 19.7. The third-order valence-corrected chi connectivity index (χ3v) is 6.64. The van der Waals surface area contributed by atoms with E-state index in [1.165, 1.54) is 6.26 Å². The van der Waals surface area contributed by atoms with Crippen molar-refractivity contribution in [3.63, 3.8) is 0 Å². The van der Waals surface area contributed by atoms with Crippen molar-refractivity contribution in [2.24, 2.45) is 0 Å². The molecule has 3 heterocycles. The van der Waals surface area contributed by atoms with Crippen molar-refractivity contribution in [1.29, 1.82) is 5.26 Å². The fourth-order valence-electron chi connectivity index (χ4n) is 3.55. The van der Waals surface area contributed by atoms with Crippen LogP contribution in [0.3, 0.4) is 0 Å². The van der Waals surface area contributed by atoms with E-state index in [1.807, 2.05) is 12.1 Å². The van der Waals surface area contributed by atoms with Gasteiger partial charge in [-0.2, -0.15) is 5.26 Å². The first-order chi connectivity index (χ1) is 13.4. The highest BCUT2D eigenvalue weighted by molar-refractivity contribution is 7.91. The predicted molar refractivity (Wildman–Crippen MR) is 104 cm³/mol. The number of hydrogen-bond donors (Lipinski definition) is 2. The van der Waals surface area contributed by atoms with E-state index in [-0.39, 0.29) is 17.1 Å². The van der Waals surface area contributed by atoms with Gasteiger partial charge in [0.25, 0.3) is 0 Å². The van der Waals surface area contributed by atoms with E-state index in [0.29, 0.717) is 41.1 Å². The number of hydrogen-bond acceptors (Lipinski definition) is 8. The van der Waals surface area contributed by atoms with Crippen molar-refractivity contribution in [2.75, 3.05) is 11.6 Å². The summed E-state index contributed by atoms with van der Waals surface area (Å²) in [4.78, 5) is 20.3. The first kappa shape index (κ1) is 18.3. The molecule has 0 saturated heterocycles. The van der Waals surface area contributed by atoms with Crippen molar-refractivity contribution in [3.8, 4) is 17.3 Å². The lowest BCUT2D eigenvalue weighted by molar-refractivity contribution is 0.452. The predicted octanol–water partition coefficient (Wildman–Crippen LogP) is 2.05. The van der Waals surface area contributed by atoms with Gasteiger partial charge in [0.05, 0.1) is 22.7 Å². The highest BCUT2D eigenvalue weighted by Crippen LogP contribution is 2.30. The maximum absolute atomic E-state index is 12.0. The van der Waals surface area contributed by atoms with Gasteiger partial charge in [-0.05, 0) is 25.3 Å². The van der Waals surface area contributed by atoms with Crippen LogP contribution in [0.1, 0.15) is 31.5 Å². The lowest BCUT2D eigenvalue weighted by Crippen LogP contribution is -2.34. The molecule has 0 bridgehead atoms. The summed E-state index contributed by atoms with van der Waals surface area (Å²) in [6.45, 7) is 0. The van der Waals surface area contributed by atoms with E-state index in [9.17, 15) is 13.7 Å². The minimum absolute atomic E-state index is 0.0393. The molecule has 0 aromatic carbocycles. The zero-order valence-electron chi connectivity index (χ0n) is 15.3. The summed E-state index contributed by atoms with van der Waals surface area (Å²) >= 11 is 0. The number of H-pyrrole nitrogens is 1. The van der Waals surface area contributed by atoms with Crippen LogP contribution in [-0.2, 0) is 9.84 Å². The molecule has 3 aromatic rings. The summed E-state index contributed by atoms with van der Waals surface area (Å²) in [6.07, 6.45) is 9.04. The molecule has 1 aliphatic carbocycles. The fraction of sp³-hybridized carbons (Fsp3) is 0.389. The van der Waals surface area contributed by atoms with E-state index in [2.05, 4.69) is 30.2 Å². The largest absolute Gasteiger partial charge is 0.367 e. The van der Waals surface area contributed by atoms with Gasteiger partial charge in [-0.15, -0.1) is 0 Å². The van der Waals surface area contributed by atoms with Crippen molar-refractivity contribution < 1.29 is 8.42 Å². The second-order valence-electron chi connectivity index (χ2n) is 6.99. The van der Waals surface area contributed by atoms with E-state index >= 15 is 0 Å². The van der Waals surface area contributed by atoms with E-state index < -0.39 is 9.84 Å². The molecule has 1 aliphatic rings. The number of aromatic amines is 1.